The minimum atomic E-state index is -0.780. The van der Waals surface area contributed by atoms with Gasteiger partial charge in [0.15, 0.2) is 0 Å². The number of rotatable bonds is 4. The predicted molar refractivity (Wildman–Crippen MR) is 44.0 cm³/mol. The van der Waals surface area contributed by atoms with Gasteiger partial charge >= 0.3 is 5.97 Å². The van der Waals surface area contributed by atoms with Gasteiger partial charge in [-0.1, -0.05) is 20.3 Å². The van der Waals surface area contributed by atoms with Gasteiger partial charge in [-0.3, -0.25) is 4.79 Å². The van der Waals surface area contributed by atoms with Crippen LogP contribution in [-0.4, -0.2) is 11.1 Å². The van der Waals surface area contributed by atoms with E-state index in [1.54, 1.807) is 6.92 Å². The Morgan fingerprint density at radius 1 is 1.73 bits per heavy atom. The van der Waals surface area contributed by atoms with Gasteiger partial charge in [-0.05, 0) is 6.42 Å². The Labute approximate surface area is 67.6 Å². The van der Waals surface area contributed by atoms with Crippen molar-refractivity contribution < 1.29 is 9.90 Å². The van der Waals surface area contributed by atoms with Crippen molar-refractivity contribution in [3.05, 3.63) is 0 Å². The number of terminal acetylenes is 1. The van der Waals surface area contributed by atoms with E-state index in [2.05, 4.69) is 5.92 Å². The molecule has 0 aliphatic rings. The second kappa shape index (κ2) is 4.79. The molecule has 0 spiro atoms. The number of carbonyl (C=O) groups is 1. The standard InChI is InChI=1S/C9H14O2/c1-4-6-8(9(10)11)7(3)5-2/h2,7-8H,4,6H2,1,3H3,(H,10,11). The molecular weight excluding hydrogens is 140 g/mol. The lowest BCUT2D eigenvalue weighted by Crippen LogP contribution is -2.20. The van der Waals surface area contributed by atoms with Crippen LogP contribution in [0.5, 0.6) is 0 Å². The molecule has 0 bridgehead atoms. The second-order valence-electron chi connectivity index (χ2n) is 2.69. The highest BCUT2D eigenvalue weighted by atomic mass is 16.4. The Balaban J connectivity index is 4.12. The van der Waals surface area contributed by atoms with Gasteiger partial charge < -0.3 is 5.11 Å². The summed E-state index contributed by atoms with van der Waals surface area (Å²) in [6.45, 7) is 3.73. The van der Waals surface area contributed by atoms with Crippen LogP contribution in [0.3, 0.4) is 0 Å². The summed E-state index contributed by atoms with van der Waals surface area (Å²) in [5.41, 5.74) is 0. The van der Waals surface area contributed by atoms with E-state index in [4.69, 9.17) is 11.5 Å². The number of aliphatic carboxylic acids is 1. The summed E-state index contributed by atoms with van der Waals surface area (Å²) in [6, 6.07) is 0. The van der Waals surface area contributed by atoms with Gasteiger partial charge in [-0.25, -0.2) is 0 Å². The molecule has 0 aliphatic carbocycles. The summed E-state index contributed by atoms with van der Waals surface area (Å²) in [6.07, 6.45) is 6.66. The summed E-state index contributed by atoms with van der Waals surface area (Å²) in [5, 5.41) is 8.71. The third-order valence-corrected chi connectivity index (χ3v) is 1.78. The van der Waals surface area contributed by atoms with Crippen LogP contribution in [0.15, 0.2) is 0 Å². The van der Waals surface area contributed by atoms with Crippen LogP contribution in [-0.2, 0) is 4.79 Å². The van der Waals surface area contributed by atoms with E-state index in [0.29, 0.717) is 6.42 Å². The minimum Gasteiger partial charge on any atom is -0.481 e. The van der Waals surface area contributed by atoms with E-state index < -0.39 is 5.97 Å². The van der Waals surface area contributed by atoms with Crippen molar-refractivity contribution in [3.63, 3.8) is 0 Å². The fraction of sp³-hybridized carbons (Fsp3) is 0.667. The topological polar surface area (TPSA) is 37.3 Å². The molecule has 0 radical (unpaired) electrons. The fourth-order valence-corrected chi connectivity index (χ4v) is 1.01. The van der Waals surface area contributed by atoms with Crippen molar-refractivity contribution in [2.45, 2.75) is 26.7 Å². The number of hydrogen-bond acceptors (Lipinski definition) is 1. The van der Waals surface area contributed by atoms with Gasteiger partial charge in [0.2, 0.25) is 0 Å². The summed E-state index contributed by atoms with van der Waals surface area (Å²) in [7, 11) is 0. The zero-order valence-corrected chi connectivity index (χ0v) is 7.00. The molecule has 2 heteroatoms. The summed E-state index contributed by atoms with van der Waals surface area (Å²) < 4.78 is 0. The Morgan fingerprint density at radius 2 is 2.27 bits per heavy atom. The third kappa shape index (κ3) is 3.08. The highest BCUT2D eigenvalue weighted by Gasteiger charge is 2.21. The molecule has 0 fully saturated rings. The quantitative estimate of drug-likeness (QED) is 0.626. The number of carboxylic acids is 1. The van der Waals surface area contributed by atoms with Crippen molar-refractivity contribution in [1.82, 2.24) is 0 Å². The Morgan fingerprint density at radius 3 is 2.55 bits per heavy atom. The highest BCUT2D eigenvalue weighted by Crippen LogP contribution is 2.16. The lowest BCUT2D eigenvalue weighted by Gasteiger charge is -2.13. The largest absolute Gasteiger partial charge is 0.481 e. The molecular formula is C9H14O2. The summed E-state index contributed by atoms with van der Waals surface area (Å²) >= 11 is 0. The molecule has 1 N–H and O–H groups in total. The molecule has 0 aromatic rings. The van der Waals surface area contributed by atoms with Gasteiger partial charge in [-0.15, -0.1) is 12.3 Å². The maximum atomic E-state index is 10.6. The SMILES string of the molecule is C#CC(C)C(CCC)C(=O)O. The van der Waals surface area contributed by atoms with E-state index in [9.17, 15) is 4.79 Å². The average Bonchev–Trinajstić information content (AvgIpc) is 1.98. The second-order valence-corrected chi connectivity index (χ2v) is 2.69. The Hall–Kier alpha value is -0.970. The molecule has 0 saturated carbocycles. The number of hydrogen-bond donors (Lipinski definition) is 1. The molecule has 0 amide bonds. The van der Waals surface area contributed by atoms with Crippen LogP contribution in [0.4, 0.5) is 0 Å². The molecule has 0 saturated heterocycles. The normalized spacial score (nSPS) is 15.0. The van der Waals surface area contributed by atoms with E-state index in [-0.39, 0.29) is 11.8 Å². The lowest BCUT2D eigenvalue weighted by atomic mass is 9.91. The summed E-state index contributed by atoms with van der Waals surface area (Å²) in [4.78, 5) is 10.6. The number of carboxylic acid groups (broad SMARTS) is 1. The first-order valence-corrected chi connectivity index (χ1v) is 3.82. The Bertz CT molecular complexity index is 167. The molecule has 0 aromatic heterocycles. The first-order valence-electron chi connectivity index (χ1n) is 3.82. The van der Waals surface area contributed by atoms with Gasteiger partial charge in [0.1, 0.15) is 0 Å². The zero-order valence-electron chi connectivity index (χ0n) is 7.00. The van der Waals surface area contributed by atoms with Gasteiger partial charge in [0.05, 0.1) is 5.92 Å². The van der Waals surface area contributed by atoms with Crippen molar-refractivity contribution in [3.8, 4) is 12.3 Å². The molecule has 0 aliphatic heterocycles. The van der Waals surface area contributed by atoms with Crippen LogP contribution in [0, 0.1) is 24.2 Å². The molecule has 2 nitrogen and oxygen atoms in total. The molecule has 11 heavy (non-hydrogen) atoms. The smallest absolute Gasteiger partial charge is 0.307 e. The van der Waals surface area contributed by atoms with Crippen LogP contribution in [0.25, 0.3) is 0 Å². The van der Waals surface area contributed by atoms with Crippen LogP contribution in [0.1, 0.15) is 26.7 Å². The van der Waals surface area contributed by atoms with Crippen LogP contribution in [0.2, 0.25) is 0 Å². The van der Waals surface area contributed by atoms with E-state index >= 15 is 0 Å². The third-order valence-electron chi connectivity index (χ3n) is 1.78. The van der Waals surface area contributed by atoms with Crippen LogP contribution >= 0.6 is 0 Å². The van der Waals surface area contributed by atoms with Gasteiger partial charge in [-0.2, -0.15) is 0 Å². The van der Waals surface area contributed by atoms with E-state index in [0.717, 1.165) is 6.42 Å². The average molecular weight is 154 g/mol. The maximum absolute atomic E-state index is 10.6. The molecule has 2 atom stereocenters. The molecule has 0 rings (SSSR count). The highest BCUT2D eigenvalue weighted by molar-refractivity contribution is 5.70. The van der Waals surface area contributed by atoms with Gasteiger partial charge in [0, 0.05) is 5.92 Å². The lowest BCUT2D eigenvalue weighted by molar-refractivity contribution is -0.143. The molecule has 0 aromatic carbocycles. The molecule has 0 heterocycles. The van der Waals surface area contributed by atoms with Crippen molar-refractivity contribution >= 4 is 5.97 Å². The fourth-order valence-electron chi connectivity index (χ4n) is 1.01. The van der Waals surface area contributed by atoms with E-state index in [1.807, 2.05) is 6.92 Å². The van der Waals surface area contributed by atoms with Crippen molar-refractivity contribution in [2.75, 3.05) is 0 Å². The first-order chi connectivity index (χ1) is 5.13. The van der Waals surface area contributed by atoms with Crippen molar-refractivity contribution in [1.29, 1.82) is 0 Å². The monoisotopic (exact) mass is 154 g/mol. The summed E-state index contributed by atoms with van der Waals surface area (Å²) in [5.74, 6) is 1.14. The minimum absolute atomic E-state index is 0.160. The first kappa shape index (κ1) is 10.0. The van der Waals surface area contributed by atoms with E-state index in [1.165, 1.54) is 0 Å². The van der Waals surface area contributed by atoms with Crippen LogP contribution < -0.4 is 0 Å². The Kier molecular flexibility index (Phi) is 4.36. The predicted octanol–water partition coefficient (Wildman–Crippen LogP) is 1.76. The molecule has 2 unspecified atom stereocenters. The van der Waals surface area contributed by atoms with Gasteiger partial charge in [0.25, 0.3) is 0 Å². The molecule has 62 valence electrons. The van der Waals surface area contributed by atoms with Crippen molar-refractivity contribution in [2.24, 2.45) is 11.8 Å². The maximum Gasteiger partial charge on any atom is 0.307 e. The zero-order chi connectivity index (χ0) is 8.85.